The lowest BCUT2D eigenvalue weighted by molar-refractivity contribution is -0.139. The largest absolute Gasteiger partial charge is 0.332 e. The third-order valence-corrected chi connectivity index (χ3v) is 7.70. The molecule has 2 atom stereocenters. The Morgan fingerprint density at radius 3 is 2.70 bits per heavy atom. The highest BCUT2D eigenvalue weighted by molar-refractivity contribution is 7.18. The number of aryl methyl sites for hydroxylation is 1. The van der Waals surface area contributed by atoms with Gasteiger partial charge < -0.3 is 10.2 Å². The summed E-state index contributed by atoms with van der Waals surface area (Å²) in [6.07, 6.45) is 2.85. The van der Waals surface area contributed by atoms with E-state index >= 15 is 0 Å². The minimum atomic E-state index is -1.01. The molecular formula is C25H26N4O3S. The third kappa shape index (κ3) is 4.11. The number of imide groups is 1. The summed E-state index contributed by atoms with van der Waals surface area (Å²) in [6.45, 7) is 2.10. The van der Waals surface area contributed by atoms with Crippen LogP contribution in [0, 0.1) is 0 Å². The third-order valence-electron chi connectivity index (χ3n) is 6.56. The van der Waals surface area contributed by atoms with E-state index in [1.54, 1.807) is 23.2 Å². The summed E-state index contributed by atoms with van der Waals surface area (Å²) in [5, 5.41) is 3.72. The molecule has 5 rings (SSSR count). The smallest absolute Gasteiger partial charge is 0.325 e. The maximum atomic E-state index is 13.2. The van der Waals surface area contributed by atoms with Crippen LogP contribution in [0.25, 0.3) is 10.2 Å². The summed E-state index contributed by atoms with van der Waals surface area (Å²) in [5.74, 6) is -0.555. The summed E-state index contributed by atoms with van der Waals surface area (Å²) in [6, 6.07) is 17.2. The highest BCUT2D eigenvalue weighted by Crippen LogP contribution is 2.36. The highest BCUT2D eigenvalue weighted by Gasteiger charge is 2.48. The second-order valence-corrected chi connectivity index (χ2v) is 9.97. The molecule has 0 saturated carbocycles. The van der Waals surface area contributed by atoms with Crippen molar-refractivity contribution < 1.29 is 14.4 Å². The normalized spacial score (nSPS) is 22.9. The van der Waals surface area contributed by atoms with Crippen molar-refractivity contribution in [1.29, 1.82) is 0 Å². The van der Waals surface area contributed by atoms with E-state index in [0.717, 1.165) is 38.5 Å². The van der Waals surface area contributed by atoms with E-state index in [9.17, 15) is 14.4 Å². The van der Waals surface area contributed by atoms with Crippen LogP contribution in [0.2, 0.25) is 0 Å². The standard InChI is InChI=1S/C25H26N4O3S/c1-25(14-13-17-8-3-2-4-9-17)23(31)29(24(32)27-25)16-21(30)28-15-7-11-19(28)22-26-18-10-5-6-12-20(18)33-22/h2-6,8-10,12,19H,7,11,13-16H2,1H3,(H,27,32)/t19-,25+/m1/s1. The van der Waals surface area contributed by atoms with Crippen molar-refractivity contribution in [2.75, 3.05) is 13.1 Å². The van der Waals surface area contributed by atoms with E-state index in [-0.39, 0.29) is 24.4 Å². The van der Waals surface area contributed by atoms with E-state index in [2.05, 4.69) is 5.32 Å². The minimum Gasteiger partial charge on any atom is -0.332 e. The number of urea groups is 1. The molecule has 0 unspecified atom stereocenters. The quantitative estimate of drug-likeness (QED) is 0.563. The van der Waals surface area contributed by atoms with Gasteiger partial charge in [-0.25, -0.2) is 9.78 Å². The molecule has 0 bridgehead atoms. The fourth-order valence-electron chi connectivity index (χ4n) is 4.68. The van der Waals surface area contributed by atoms with Gasteiger partial charge in [0.05, 0.1) is 16.3 Å². The van der Waals surface area contributed by atoms with E-state index in [4.69, 9.17) is 4.98 Å². The number of thiazole rings is 1. The SMILES string of the molecule is C[C@@]1(CCc2ccccc2)NC(=O)N(CC(=O)N2CCC[C@@H]2c2nc3ccccc3s2)C1=O. The molecule has 2 saturated heterocycles. The topological polar surface area (TPSA) is 82.6 Å². The van der Waals surface area contributed by atoms with Gasteiger partial charge in [-0.3, -0.25) is 14.5 Å². The van der Waals surface area contributed by atoms with Crippen LogP contribution >= 0.6 is 11.3 Å². The lowest BCUT2D eigenvalue weighted by Gasteiger charge is -2.25. The summed E-state index contributed by atoms with van der Waals surface area (Å²) in [5.41, 5.74) is 1.02. The number of nitrogens with one attached hydrogen (secondary N) is 1. The van der Waals surface area contributed by atoms with E-state index in [0.29, 0.717) is 19.4 Å². The van der Waals surface area contributed by atoms with Gasteiger partial charge in [0.2, 0.25) is 5.91 Å². The van der Waals surface area contributed by atoms with Gasteiger partial charge >= 0.3 is 6.03 Å². The Balaban J connectivity index is 1.27. The summed E-state index contributed by atoms with van der Waals surface area (Å²) >= 11 is 1.60. The monoisotopic (exact) mass is 462 g/mol. The zero-order chi connectivity index (χ0) is 23.0. The van der Waals surface area contributed by atoms with Crippen LogP contribution in [0.1, 0.15) is 42.8 Å². The molecule has 8 heteroatoms. The molecule has 0 radical (unpaired) electrons. The van der Waals surface area contributed by atoms with Crippen LogP contribution in [0.3, 0.4) is 0 Å². The lowest BCUT2D eigenvalue weighted by atomic mass is 9.93. The number of fused-ring (bicyclic) bond motifs is 1. The Morgan fingerprint density at radius 1 is 1.15 bits per heavy atom. The molecule has 1 aromatic heterocycles. The number of hydrogen-bond acceptors (Lipinski definition) is 5. The molecule has 4 amide bonds. The van der Waals surface area contributed by atoms with Crippen LogP contribution in [0.4, 0.5) is 4.79 Å². The van der Waals surface area contributed by atoms with Gasteiger partial charge in [0, 0.05) is 6.54 Å². The Hall–Kier alpha value is -3.26. The van der Waals surface area contributed by atoms with Gasteiger partial charge in [-0.1, -0.05) is 42.5 Å². The van der Waals surface area contributed by atoms with Gasteiger partial charge in [0.25, 0.3) is 5.91 Å². The molecule has 0 spiro atoms. The van der Waals surface area contributed by atoms with Crippen molar-refractivity contribution >= 4 is 39.4 Å². The van der Waals surface area contributed by atoms with Crippen LogP contribution in [-0.2, 0) is 16.0 Å². The van der Waals surface area contributed by atoms with Gasteiger partial charge in [-0.05, 0) is 50.3 Å². The Kier molecular flexibility index (Phi) is 5.62. The number of aromatic nitrogens is 1. The molecule has 2 aromatic carbocycles. The molecule has 33 heavy (non-hydrogen) atoms. The highest BCUT2D eigenvalue weighted by atomic mass is 32.1. The Labute approximate surface area is 196 Å². The number of nitrogens with zero attached hydrogens (tertiary/aromatic N) is 3. The zero-order valence-corrected chi connectivity index (χ0v) is 19.3. The number of para-hydroxylation sites is 1. The summed E-state index contributed by atoms with van der Waals surface area (Å²) < 4.78 is 1.09. The number of hydrogen-bond donors (Lipinski definition) is 1. The molecule has 1 N–H and O–H groups in total. The predicted octanol–water partition coefficient (Wildman–Crippen LogP) is 3.90. The molecule has 3 aromatic rings. The number of rotatable bonds is 6. The van der Waals surface area contributed by atoms with Crippen molar-refractivity contribution in [2.24, 2.45) is 0 Å². The van der Waals surface area contributed by atoms with E-state index in [1.165, 1.54) is 0 Å². The molecule has 3 heterocycles. The predicted molar refractivity (Wildman–Crippen MR) is 127 cm³/mol. The molecule has 2 aliphatic rings. The van der Waals surface area contributed by atoms with Gasteiger partial charge in [-0.2, -0.15) is 0 Å². The maximum Gasteiger partial charge on any atom is 0.325 e. The number of amides is 4. The average Bonchev–Trinajstić information content (AvgIpc) is 3.52. The van der Waals surface area contributed by atoms with Crippen LogP contribution in [-0.4, -0.2) is 51.3 Å². The first-order valence-electron chi connectivity index (χ1n) is 11.3. The summed E-state index contributed by atoms with van der Waals surface area (Å²) in [4.78, 5) is 46.6. The average molecular weight is 463 g/mol. The van der Waals surface area contributed by atoms with Crippen LogP contribution in [0.5, 0.6) is 0 Å². The van der Waals surface area contributed by atoms with Crippen molar-refractivity contribution in [2.45, 2.75) is 44.2 Å². The van der Waals surface area contributed by atoms with Gasteiger partial charge in [0.15, 0.2) is 0 Å². The van der Waals surface area contributed by atoms with Crippen molar-refractivity contribution in [3.05, 3.63) is 65.2 Å². The Morgan fingerprint density at radius 2 is 1.91 bits per heavy atom. The molecule has 0 aliphatic carbocycles. The maximum absolute atomic E-state index is 13.2. The van der Waals surface area contributed by atoms with Gasteiger partial charge in [0.1, 0.15) is 17.1 Å². The zero-order valence-electron chi connectivity index (χ0n) is 18.5. The summed E-state index contributed by atoms with van der Waals surface area (Å²) in [7, 11) is 0. The lowest BCUT2D eigenvalue weighted by Crippen LogP contribution is -2.46. The second kappa shape index (κ2) is 8.59. The second-order valence-electron chi connectivity index (χ2n) is 8.90. The van der Waals surface area contributed by atoms with Crippen LogP contribution in [0.15, 0.2) is 54.6 Å². The van der Waals surface area contributed by atoms with Crippen molar-refractivity contribution in [1.82, 2.24) is 20.1 Å². The fourth-order valence-corrected chi connectivity index (χ4v) is 5.80. The molecular weight excluding hydrogens is 436 g/mol. The minimum absolute atomic E-state index is 0.111. The van der Waals surface area contributed by atoms with Crippen molar-refractivity contribution in [3.8, 4) is 0 Å². The molecule has 2 fully saturated rings. The number of likely N-dealkylation sites (tertiary alicyclic amines) is 1. The Bertz CT molecular complexity index is 1180. The fraction of sp³-hybridized carbons (Fsp3) is 0.360. The van der Waals surface area contributed by atoms with Crippen molar-refractivity contribution in [3.63, 3.8) is 0 Å². The van der Waals surface area contributed by atoms with Gasteiger partial charge in [-0.15, -0.1) is 11.3 Å². The van der Waals surface area contributed by atoms with E-state index < -0.39 is 11.6 Å². The number of benzene rings is 2. The number of carbonyl (C=O) groups is 3. The van der Waals surface area contributed by atoms with Crippen LogP contribution < -0.4 is 5.32 Å². The molecule has 2 aliphatic heterocycles. The first kappa shape index (κ1) is 21.6. The molecule has 170 valence electrons. The first-order valence-corrected chi connectivity index (χ1v) is 12.1. The number of carbonyl (C=O) groups excluding carboxylic acids is 3. The molecule has 7 nitrogen and oxygen atoms in total. The van der Waals surface area contributed by atoms with E-state index in [1.807, 2.05) is 54.6 Å². The first-order chi connectivity index (χ1) is 15.9.